The van der Waals surface area contributed by atoms with Crippen LogP contribution in [-0.4, -0.2) is 21.7 Å². The van der Waals surface area contributed by atoms with Crippen molar-refractivity contribution in [3.05, 3.63) is 42.2 Å². The SMILES string of the molecule is CC(C)NC(=O)c1ccn(-c2ccccc2N)n1. The van der Waals surface area contributed by atoms with Gasteiger partial charge in [-0.05, 0) is 32.0 Å². The largest absolute Gasteiger partial charge is 0.397 e. The number of carbonyl (C=O) groups is 1. The van der Waals surface area contributed by atoms with E-state index >= 15 is 0 Å². The second kappa shape index (κ2) is 4.91. The Labute approximate surface area is 106 Å². The maximum absolute atomic E-state index is 11.8. The number of nitrogens with two attached hydrogens (primary N) is 1. The van der Waals surface area contributed by atoms with Crippen LogP contribution in [0, 0.1) is 0 Å². The summed E-state index contributed by atoms with van der Waals surface area (Å²) in [5.41, 5.74) is 7.63. The second-order valence-electron chi connectivity index (χ2n) is 4.33. The van der Waals surface area contributed by atoms with E-state index in [1.54, 1.807) is 23.0 Å². The van der Waals surface area contributed by atoms with Crippen LogP contribution in [0.5, 0.6) is 0 Å². The topological polar surface area (TPSA) is 72.9 Å². The second-order valence-corrected chi connectivity index (χ2v) is 4.33. The molecule has 3 N–H and O–H groups in total. The highest BCUT2D eigenvalue weighted by Gasteiger charge is 2.11. The summed E-state index contributed by atoms with van der Waals surface area (Å²) in [6, 6.07) is 9.14. The third kappa shape index (κ3) is 2.51. The van der Waals surface area contributed by atoms with Gasteiger partial charge in [-0.2, -0.15) is 5.10 Å². The molecule has 18 heavy (non-hydrogen) atoms. The molecule has 2 rings (SSSR count). The number of anilines is 1. The van der Waals surface area contributed by atoms with Gasteiger partial charge >= 0.3 is 0 Å². The highest BCUT2D eigenvalue weighted by molar-refractivity contribution is 5.92. The first-order valence-electron chi connectivity index (χ1n) is 5.79. The minimum absolute atomic E-state index is 0.0874. The van der Waals surface area contributed by atoms with Crippen LogP contribution in [0.2, 0.25) is 0 Å². The van der Waals surface area contributed by atoms with Crippen molar-refractivity contribution < 1.29 is 4.79 Å². The van der Waals surface area contributed by atoms with Gasteiger partial charge in [-0.3, -0.25) is 4.79 Å². The summed E-state index contributed by atoms with van der Waals surface area (Å²) in [4.78, 5) is 11.8. The highest BCUT2D eigenvalue weighted by Crippen LogP contribution is 2.15. The Hall–Kier alpha value is -2.30. The lowest BCUT2D eigenvalue weighted by Gasteiger charge is -2.06. The zero-order valence-electron chi connectivity index (χ0n) is 10.4. The molecule has 0 saturated heterocycles. The van der Waals surface area contributed by atoms with E-state index in [4.69, 9.17) is 5.73 Å². The molecule has 94 valence electrons. The Kier molecular flexibility index (Phi) is 3.32. The number of nitrogen functional groups attached to an aromatic ring is 1. The van der Waals surface area contributed by atoms with Gasteiger partial charge < -0.3 is 11.1 Å². The number of rotatable bonds is 3. The Morgan fingerprint density at radius 3 is 2.72 bits per heavy atom. The normalized spacial score (nSPS) is 10.6. The molecule has 1 aromatic heterocycles. The molecule has 0 spiro atoms. The van der Waals surface area contributed by atoms with Gasteiger partial charge in [0.25, 0.3) is 5.91 Å². The molecule has 0 saturated carbocycles. The zero-order valence-corrected chi connectivity index (χ0v) is 10.4. The van der Waals surface area contributed by atoms with Crippen LogP contribution in [0.25, 0.3) is 5.69 Å². The molecule has 1 aromatic carbocycles. The molecular weight excluding hydrogens is 228 g/mol. The molecule has 1 amide bonds. The number of hydrogen-bond donors (Lipinski definition) is 2. The van der Waals surface area contributed by atoms with Crippen molar-refractivity contribution in [1.29, 1.82) is 0 Å². The standard InChI is InChI=1S/C13H16N4O/c1-9(2)15-13(18)11-7-8-17(16-11)12-6-4-3-5-10(12)14/h3-9H,14H2,1-2H3,(H,15,18). The van der Waals surface area contributed by atoms with Crippen LogP contribution in [0.1, 0.15) is 24.3 Å². The van der Waals surface area contributed by atoms with Crippen LogP contribution < -0.4 is 11.1 Å². The predicted molar refractivity (Wildman–Crippen MR) is 70.6 cm³/mol. The maximum atomic E-state index is 11.8. The van der Waals surface area contributed by atoms with Crippen molar-refractivity contribution in [2.24, 2.45) is 0 Å². The van der Waals surface area contributed by atoms with Gasteiger partial charge in [-0.15, -0.1) is 0 Å². The first-order valence-corrected chi connectivity index (χ1v) is 5.79. The van der Waals surface area contributed by atoms with Crippen molar-refractivity contribution in [2.75, 3.05) is 5.73 Å². The zero-order chi connectivity index (χ0) is 13.1. The maximum Gasteiger partial charge on any atom is 0.271 e. The van der Waals surface area contributed by atoms with Crippen molar-refractivity contribution in [2.45, 2.75) is 19.9 Å². The average Bonchev–Trinajstić information content (AvgIpc) is 2.78. The molecule has 0 radical (unpaired) electrons. The minimum Gasteiger partial charge on any atom is -0.397 e. The van der Waals surface area contributed by atoms with Crippen LogP contribution in [0.4, 0.5) is 5.69 Å². The Balaban J connectivity index is 2.26. The van der Waals surface area contributed by atoms with Crippen molar-refractivity contribution >= 4 is 11.6 Å². The fourth-order valence-electron chi connectivity index (χ4n) is 1.61. The first-order chi connectivity index (χ1) is 8.58. The lowest BCUT2D eigenvalue weighted by Crippen LogP contribution is -2.30. The molecule has 0 aliphatic heterocycles. The minimum atomic E-state index is -0.182. The van der Waals surface area contributed by atoms with Crippen LogP contribution in [0.15, 0.2) is 36.5 Å². The highest BCUT2D eigenvalue weighted by atomic mass is 16.2. The lowest BCUT2D eigenvalue weighted by molar-refractivity contribution is 0.0937. The number of nitrogens with one attached hydrogen (secondary N) is 1. The van der Waals surface area contributed by atoms with E-state index in [0.717, 1.165) is 5.69 Å². The number of para-hydroxylation sites is 2. The van der Waals surface area contributed by atoms with E-state index in [0.29, 0.717) is 11.4 Å². The average molecular weight is 244 g/mol. The Morgan fingerprint density at radius 2 is 2.06 bits per heavy atom. The van der Waals surface area contributed by atoms with Gasteiger partial charge in [-0.1, -0.05) is 12.1 Å². The summed E-state index contributed by atoms with van der Waals surface area (Å²) in [5.74, 6) is -0.182. The van der Waals surface area contributed by atoms with Gasteiger partial charge in [0.05, 0.1) is 11.4 Å². The predicted octanol–water partition coefficient (Wildman–Crippen LogP) is 1.59. The summed E-state index contributed by atoms with van der Waals surface area (Å²) in [7, 11) is 0. The molecule has 1 heterocycles. The van der Waals surface area contributed by atoms with E-state index in [-0.39, 0.29) is 11.9 Å². The van der Waals surface area contributed by atoms with Crippen LogP contribution in [-0.2, 0) is 0 Å². The summed E-state index contributed by atoms with van der Waals surface area (Å²) < 4.78 is 1.60. The summed E-state index contributed by atoms with van der Waals surface area (Å²) in [5, 5.41) is 7.01. The fraction of sp³-hybridized carbons (Fsp3) is 0.231. The molecule has 0 atom stereocenters. The van der Waals surface area contributed by atoms with E-state index in [2.05, 4.69) is 10.4 Å². The molecule has 0 unspecified atom stereocenters. The molecule has 0 aliphatic rings. The van der Waals surface area contributed by atoms with E-state index in [9.17, 15) is 4.79 Å². The van der Waals surface area contributed by atoms with Crippen LogP contribution in [0.3, 0.4) is 0 Å². The summed E-state index contributed by atoms with van der Waals surface area (Å²) >= 11 is 0. The Bertz CT molecular complexity index is 560. The summed E-state index contributed by atoms with van der Waals surface area (Å²) in [6.07, 6.45) is 1.72. The van der Waals surface area contributed by atoms with E-state index in [1.807, 2.05) is 32.0 Å². The number of amides is 1. The first kappa shape index (κ1) is 12.2. The van der Waals surface area contributed by atoms with E-state index in [1.165, 1.54) is 0 Å². The van der Waals surface area contributed by atoms with Gasteiger partial charge in [0.2, 0.25) is 0 Å². The number of benzene rings is 1. The number of aromatic nitrogens is 2. The van der Waals surface area contributed by atoms with E-state index < -0.39 is 0 Å². The summed E-state index contributed by atoms with van der Waals surface area (Å²) in [6.45, 7) is 3.81. The quantitative estimate of drug-likeness (QED) is 0.805. The molecule has 0 fully saturated rings. The van der Waals surface area contributed by atoms with Crippen molar-refractivity contribution in [3.63, 3.8) is 0 Å². The number of nitrogens with zero attached hydrogens (tertiary/aromatic N) is 2. The smallest absolute Gasteiger partial charge is 0.271 e. The molecule has 0 bridgehead atoms. The number of carbonyl (C=O) groups excluding carboxylic acids is 1. The Morgan fingerprint density at radius 1 is 1.33 bits per heavy atom. The molecular formula is C13H16N4O. The third-order valence-electron chi connectivity index (χ3n) is 2.43. The van der Waals surface area contributed by atoms with Crippen molar-refractivity contribution in [1.82, 2.24) is 15.1 Å². The lowest BCUT2D eigenvalue weighted by atomic mass is 10.3. The number of hydrogen-bond acceptors (Lipinski definition) is 3. The van der Waals surface area contributed by atoms with Gasteiger partial charge in [0.15, 0.2) is 5.69 Å². The van der Waals surface area contributed by atoms with Crippen LogP contribution >= 0.6 is 0 Å². The van der Waals surface area contributed by atoms with Gasteiger partial charge in [0.1, 0.15) is 0 Å². The molecule has 5 heteroatoms. The third-order valence-corrected chi connectivity index (χ3v) is 2.43. The van der Waals surface area contributed by atoms with Crippen molar-refractivity contribution in [3.8, 4) is 5.69 Å². The molecule has 5 nitrogen and oxygen atoms in total. The fourth-order valence-corrected chi connectivity index (χ4v) is 1.61. The monoisotopic (exact) mass is 244 g/mol. The molecule has 0 aliphatic carbocycles. The molecule has 2 aromatic rings. The van der Waals surface area contributed by atoms with Gasteiger partial charge in [-0.25, -0.2) is 4.68 Å². The van der Waals surface area contributed by atoms with Gasteiger partial charge in [0, 0.05) is 12.2 Å².